The van der Waals surface area contributed by atoms with Crippen LogP contribution in [0.15, 0.2) is 53.6 Å². The van der Waals surface area contributed by atoms with Crippen LogP contribution in [0.1, 0.15) is 18.1 Å². The van der Waals surface area contributed by atoms with Crippen LogP contribution < -0.4 is 5.43 Å². The maximum absolute atomic E-state index is 12.3. The Bertz CT molecular complexity index is 748. The van der Waals surface area contributed by atoms with Gasteiger partial charge < -0.3 is 0 Å². The van der Waals surface area contributed by atoms with E-state index >= 15 is 0 Å². The van der Waals surface area contributed by atoms with E-state index in [0.717, 1.165) is 28.0 Å². The molecule has 1 aliphatic carbocycles. The van der Waals surface area contributed by atoms with Crippen molar-refractivity contribution >= 4 is 11.6 Å². The Morgan fingerprint density at radius 2 is 1.58 bits per heavy atom. The van der Waals surface area contributed by atoms with E-state index in [4.69, 9.17) is 0 Å². The molecule has 0 bridgehead atoms. The van der Waals surface area contributed by atoms with E-state index in [2.05, 4.69) is 22.7 Å². The van der Waals surface area contributed by atoms with Crippen LogP contribution in [0.25, 0.3) is 11.1 Å². The standard InChI is InChI=1S/C16H12N2O/c1-16-13-9-5-4-7-11(13)10-6-2-3-8-12(10)14(16)17-18-15(16)19/h2-9H,1H3,(H,18,19). The van der Waals surface area contributed by atoms with Crippen molar-refractivity contribution in [2.45, 2.75) is 12.3 Å². The molecule has 1 amide bonds. The van der Waals surface area contributed by atoms with Crippen LogP contribution in [-0.4, -0.2) is 11.6 Å². The molecule has 2 aromatic rings. The minimum Gasteiger partial charge on any atom is -0.272 e. The summed E-state index contributed by atoms with van der Waals surface area (Å²) in [5.41, 5.74) is 7.12. The average molecular weight is 248 g/mol. The van der Waals surface area contributed by atoms with E-state index in [1.54, 1.807) is 0 Å². The second kappa shape index (κ2) is 3.32. The molecule has 1 atom stereocenters. The number of nitrogens with one attached hydrogen (secondary N) is 1. The third-order valence-electron chi connectivity index (χ3n) is 4.14. The van der Waals surface area contributed by atoms with Gasteiger partial charge in [-0.05, 0) is 23.6 Å². The van der Waals surface area contributed by atoms with Gasteiger partial charge in [0.25, 0.3) is 5.91 Å². The van der Waals surface area contributed by atoms with Crippen LogP contribution in [-0.2, 0) is 10.2 Å². The molecule has 92 valence electrons. The number of hydrogen-bond acceptors (Lipinski definition) is 2. The molecule has 0 saturated carbocycles. The van der Waals surface area contributed by atoms with Gasteiger partial charge in [0.1, 0.15) is 5.41 Å². The number of hydrogen-bond donors (Lipinski definition) is 1. The first-order valence-electron chi connectivity index (χ1n) is 6.31. The Labute approximate surface area is 111 Å². The monoisotopic (exact) mass is 248 g/mol. The number of hydrazone groups is 1. The van der Waals surface area contributed by atoms with Gasteiger partial charge in [-0.15, -0.1) is 0 Å². The van der Waals surface area contributed by atoms with Crippen molar-refractivity contribution in [1.82, 2.24) is 5.43 Å². The molecule has 0 spiro atoms. The fraction of sp³-hybridized carbons (Fsp3) is 0.125. The molecule has 2 aromatic carbocycles. The fourth-order valence-electron chi connectivity index (χ4n) is 3.10. The maximum atomic E-state index is 12.3. The molecule has 2 aliphatic rings. The van der Waals surface area contributed by atoms with Gasteiger partial charge in [0, 0.05) is 5.56 Å². The van der Waals surface area contributed by atoms with Gasteiger partial charge in [-0.3, -0.25) is 4.79 Å². The van der Waals surface area contributed by atoms with E-state index in [0.29, 0.717) is 0 Å². The number of benzene rings is 2. The first-order chi connectivity index (χ1) is 9.23. The number of amides is 1. The summed E-state index contributed by atoms with van der Waals surface area (Å²) in [5, 5.41) is 4.27. The predicted octanol–water partition coefficient (Wildman–Crippen LogP) is 2.46. The molecular weight excluding hydrogens is 236 g/mol. The van der Waals surface area contributed by atoms with Gasteiger partial charge >= 0.3 is 0 Å². The van der Waals surface area contributed by atoms with Gasteiger partial charge in [0.2, 0.25) is 0 Å². The van der Waals surface area contributed by atoms with Crippen molar-refractivity contribution in [3.63, 3.8) is 0 Å². The topological polar surface area (TPSA) is 41.5 Å². The zero-order chi connectivity index (χ0) is 13.0. The maximum Gasteiger partial charge on any atom is 0.256 e. The molecule has 1 aliphatic heterocycles. The van der Waals surface area contributed by atoms with E-state index < -0.39 is 5.41 Å². The number of nitrogens with zero attached hydrogens (tertiary/aromatic N) is 1. The van der Waals surface area contributed by atoms with E-state index in [-0.39, 0.29) is 5.91 Å². The molecule has 0 saturated heterocycles. The molecule has 1 N–H and O–H groups in total. The molecule has 19 heavy (non-hydrogen) atoms. The van der Waals surface area contributed by atoms with Crippen LogP contribution in [0.2, 0.25) is 0 Å². The van der Waals surface area contributed by atoms with Crippen LogP contribution in [0.4, 0.5) is 0 Å². The minimum absolute atomic E-state index is 0.0514. The van der Waals surface area contributed by atoms with Crippen LogP contribution in [0.5, 0.6) is 0 Å². The van der Waals surface area contributed by atoms with Crippen LogP contribution in [0, 0.1) is 0 Å². The summed E-state index contributed by atoms with van der Waals surface area (Å²) in [6.45, 7) is 1.95. The zero-order valence-electron chi connectivity index (χ0n) is 10.5. The second-order valence-electron chi connectivity index (χ2n) is 5.12. The molecule has 3 heteroatoms. The Balaban J connectivity index is 2.16. The summed E-state index contributed by atoms with van der Waals surface area (Å²) >= 11 is 0. The summed E-state index contributed by atoms with van der Waals surface area (Å²) in [6.07, 6.45) is 0. The Morgan fingerprint density at radius 1 is 0.947 bits per heavy atom. The highest BCUT2D eigenvalue weighted by Crippen LogP contribution is 2.44. The van der Waals surface area contributed by atoms with Crippen LogP contribution in [0.3, 0.4) is 0 Å². The number of carbonyl (C=O) groups is 1. The zero-order valence-corrected chi connectivity index (χ0v) is 10.5. The van der Waals surface area contributed by atoms with Crippen LogP contribution >= 0.6 is 0 Å². The van der Waals surface area contributed by atoms with Gasteiger partial charge in [-0.2, -0.15) is 5.10 Å². The molecule has 1 heterocycles. The predicted molar refractivity (Wildman–Crippen MR) is 73.9 cm³/mol. The second-order valence-corrected chi connectivity index (χ2v) is 5.12. The van der Waals surface area contributed by atoms with E-state index in [9.17, 15) is 4.79 Å². The first-order valence-corrected chi connectivity index (χ1v) is 6.31. The lowest BCUT2D eigenvalue weighted by atomic mass is 9.67. The Hall–Kier alpha value is -2.42. The highest BCUT2D eigenvalue weighted by molar-refractivity contribution is 6.28. The highest BCUT2D eigenvalue weighted by Gasteiger charge is 2.49. The van der Waals surface area contributed by atoms with Crippen molar-refractivity contribution in [1.29, 1.82) is 0 Å². The van der Waals surface area contributed by atoms with E-state index in [1.165, 1.54) is 0 Å². The largest absolute Gasteiger partial charge is 0.272 e. The van der Waals surface area contributed by atoms with Crippen molar-refractivity contribution in [2.24, 2.45) is 5.10 Å². The summed E-state index contributed by atoms with van der Waals surface area (Å²) in [7, 11) is 0. The summed E-state index contributed by atoms with van der Waals surface area (Å²) in [6, 6.07) is 16.2. The quantitative estimate of drug-likeness (QED) is 0.764. The number of carbonyl (C=O) groups excluding carboxylic acids is 1. The Morgan fingerprint density at radius 3 is 2.37 bits per heavy atom. The lowest BCUT2D eigenvalue weighted by Crippen LogP contribution is -2.42. The summed E-state index contributed by atoms with van der Waals surface area (Å²) < 4.78 is 0. The SMILES string of the molecule is CC12C(=O)NN=C1c1ccccc1-c1ccccc12. The van der Waals surface area contributed by atoms with Crippen molar-refractivity contribution < 1.29 is 4.79 Å². The third-order valence-corrected chi connectivity index (χ3v) is 4.14. The molecule has 0 fully saturated rings. The first kappa shape index (κ1) is 10.5. The molecule has 0 radical (unpaired) electrons. The molecule has 0 aromatic heterocycles. The highest BCUT2D eigenvalue weighted by atomic mass is 16.2. The fourth-order valence-corrected chi connectivity index (χ4v) is 3.10. The van der Waals surface area contributed by atoms with Crippen molar-refractivity contribution in [2.75, 3.05) is 0 Å². The number of rotatable bonds is 0. The molecule has 1 unspecified atom stereocenters. The van der Waals surface area contributed by atoms with Gasteiger partial charge in [0.05, 0.1) is 5.71 Å². The van der Waals surface area contributed by atoms with Crippen molar-refractivity contribution in [3.8, 4) is 11.1 Å². The summed E-state index contributed by atoms with van der Waals surface area (Å²) in [5.74, 6) is -0.0514. The third kappa shape index (κ3) is 1.12. The summed E-state index contributed by atoms with van der Waals surface area (Å²) in [4.78, 5) is 12.3. The normalized spacial score (nSPS) is 23.0. The van der Waals surface area contributed by atoms with E-state index in [1.807, 2.05) is 43.3 Å². The van der Waals surface area contributed by atoms with Gasteiger partial charge in [0.15, 0.2) is 0 Å². The Kier molecular flexibility index (Phi) is 1.83. The van der Waals surface area contributed by atoms with Crippen molar-refractivity contribution in [3.05, 3.63) is 59.7 Å². The number of fused-ring (bicyclic) bond motifs is 6. The molecule has 3 nitrogen and oxygen atoms in total. The lowest BCUT2D eigenvalue weighted by molar-refractivity contribution is -0.122. The molecule has 4 rings (SSSR count). The average Bonchev–Trinajstić information content (AvgIpc) is 2.77. The molecular formula is C16H12N2O. The van der Waals surface area contributed by atoms with Gasteiger partial charge in [-0.1, -0.05) is 48.5 Å². The van der Waals surface area contributed by atoms with Gasteiger partial charge in [-0.25, -0.2) is 5.43 Å². The smallest absolute Gasteiger partial charge is 0.256 e. The minimum atomic E-state index is -0.676. The lowest BCUT2D eigenvalue weighted by Gasteiger charge is -2.32.